The van der Waals surface area contributed by atoms with E-state index in [-0.39, 0.29) is 19.5 Å². The van der Waals surface area contributed by atoms with Gasteiger partial charge in [-0.15, -0.1) is 0 Å². The van der Waals surface area contributed by atoms with Gasteiger partial charge in [0.15, 0.2) is 0 Å². The summed E-state index contributed by atoms with van der Waals surface area (Å²) in [6.07, 6.45) is 25.6. The van der Waals surface area contributed by atoms with Crippen LogP contribution >= 0.6 is 0 Å². The third-order valence-corrected chi connectivity index (χ3v) is 13.8. The first-order valence-electron chi connectivity index (χ1n) is 19.9. The van der Waals surface area contributed by atoms with Crippen molar-refractivity contribution < 1.29 is 71.4 Å². The Morgan fingerprint density at radius 1 is 0.263 bits per heavy atom. The topological polar surface area (TPSA) is 314 Å². The van der Waals surface area contributed by atoms with Gasteiger partial charge in [0, 0.05) is 63.4 Å². The molecule has 1 radical (unpaired) electrons. The van der Waals surface area contributed by atoms with E-state index in [0.29, 0.717) is 49.3 Å². The van der Waals surface area contributed by atoms with Gasteiger partial charge in [-0.3, -0.25) is 42.5 Å². The van der Waals surface area contributed by atoms with E-state index >= 15 is 0 Å². The SMILES string of the molecule is C1CCC2C3NC(NC4NC(NC5NC(NC6NC(N3)C3CCCCC63)C3CCCCC53)C3CCCCC43)C2C1.O=[S-](=O)O.O=[S-](=O)O.O=[S-](=O)O.O=[S-](=O)O.[Rh]. The van der Waals surface area contributed by atoms with Gasteiger partial charge in [0.1, 0.15) is 0 Å². The Morgan fingerprint density at radius 3 is 0.439 bits per heavy atom. The van der Waals surface area contributed by atoms with Crippen LogP contribution in [-0.2, 0) is 97.1 Å². The van der Waals surface area contributed by atoms with Crippen molar-refractivity contribution in [2.75, 3.05) is 0 Å². The first kappa shape index (κ1) is 49.6. The van der Waals surface area contributed by atoms with E-state index in [2.05, 4.69) is 42.5 Å². The molecule has 0 aromatic heterocycles. The van der Waals surface area contributed by atoms with Crippen molar-refractivity contribution in [2.24, 2.45) is 47.3 Å². The fourth-order valence-corrected chi connectivity index (χ4v) is 12.0. The Balaban J connectivity index is 0.000000366. The minimum atomic E-state index is -2.86. The van der Waals surface area contributed by atoms with Crippen molar-refractivity contribution in [1.82, 2.24) is 42.5 Å². The standard InChI is InChI=1S/C32H56N8.4HO3S.Rh/c1-2-10-18-17(9-1)25-33-26(18)38-28-21-13-5-6-14-22(21)30(35-28)40-32-24-16-8-7-15-23(24)31(36-32)39-29-20-12-4-3-11-19(20)27(34-29)37-25;4*1-4(2)3;/h17-40H,1-16H2;4*(H,1,2,3);/q;4*-1;. The Kier molecular flexibility index (Phi) is 20.9. The van der Waals surface area contributed by atoms with Crippen LogP contribution in [0.15, 0.2) is 0 Å². The van der Waals surface area contributed by atoms with E-state index in [4.69, 9.17) is 51.9 Å². The molecule has 57 heavy (non-hydrogen) atoms. The second-order valence-electron chi connectivity index (χ2n) is 16.5. The van der Waals surface area contributed by atoms with Crippen molar-refractivity contribution in [3.05, 3.63) is 0 Å². The van der Waals surface area contributed by atoms with Crippen LogP contribution in [-0.4, -0.2) is 67.5 Å². The van der Waals surface area contributed by atoms with E-state index in [1.54, 1.807) is 0 Å². The zero-order valence-electron chi connectivity index (χ0n) is 31.6. The van der Waals surface area contributed by atoms with E-state index in [1.807, 2.05) is 0 Å². The Labute approximate surface area is 355 Å². The largest absolute Gasteiger partial charge is 0.439 e. The predicted octanol–water partition coefficient (Wildman–Crippen LogP) is 1.68. The van der Waals surface area contributed by atoms with Crippen LogP contribution in [0, 0.1) is 47.3 Å². The van der Waals surface area contributed by atoms with Crippen LogP contribution in [0.3, 0.4) is 0 Å². The van der Waals surface area contributed by atoms with Crippen LogP contribution in [0.4, 0.5) is 0 Å². The summed E-state index contributed by atoms with van der Waals surface area (Å²) in [5, 5.41) is 33.8. The molecule has 20 nitrogen and oxygen atoms in total. The summed E-state index contributed by atoms with van der Waals surface area (Å²) >= 11 is 0. The van der Waals surface area contributed by atoms with Crippen LogP contribution < -0.4 is 42.5 Å². The molecule has 5 heterocycles. The van der Waals surface area contributed by atoms with Gasteiger partial charge in [0.2, 0.25) is 0 Å². The number of hydrogen-bond acceptors (Lipinski definition) is 20. The van der Waals surface area contributed by atoms with Gasteiger partial charge in [0.05, 0.1) is 49.3 Å². The van der Waals surface area contributed by atoms with Crippen molar-refractivity contribution in [3.8, 4) is 0 Å². The number of fused-ring (bicyclic) bond motifs is 20. The van der Waals surface area contributed by atoms with Crippen LogP contribution in [0.25, 0.3) is 0 Å². The fraction of sp³-hybridized carbons (Fsp3) is 1.00. The molecule has 9 rings (SSSR count). The molecule has 4 aliphatic carbocycles. The van der Waals surface area contributed by atoms with Gasteiger partial charge in [-0.05, 0) is 98.7 Å². The van der Waals surface area contributed by atoms with Crippen LogP contribution in [0.1, 0.15) is 103 Å². The molecule has 0 amide bonds. The molecule has 12 N–H and O–H groups in total. The average molecular weight is 980 g/mol. The molecule has 4 saturated carbocycles. The molecule has 5 saturated heterocycles. The average Bonchev–Trinajstić information content (AvgIpc) is 3.87. The zero-order valence-corrected chi connectivity index (χ0v) is 36.5. The summed E-state index contributed by atoms with van der Waals surface area (Å²) in [7, 11) is -11.4. The third-order valence-electron chi connectivity index (χ3n) is 13.8. The molecule has 8 bridgehead atoms. The quantitative estimate of drug-likeness (QED) is 0.0711. The van der Waals surface area contributed by atoms with Crippen molar-refractivity contribution >= 4 is 43.9 Å². The first-order chi connectivity index (χ1) is 26.7. The monoisotopic (exact) mass is 979 g/mol. The second kappa shape index (κ2) is 24.0. The zero-order chi connectivity index (χ0) is 40.5. The molecule has 0 aromatic rings. The molecule has 9 fully saturated rings. The number of hydrogen-bond donors (Lipinski definition) is 12. The molecule has 9 aliphatic rings. The fourth-order valence-electron chi connectivity index (χ4n) is 12.0. The van der Waals surface area contributed by atoms with E-state index < -0.39 is 43.9 Å². The summed E-state index contributed by atoms with van der Waals surface area (Å²) < 4.78 is 96.3. The maximum atomic E-state index is 8.56. The van der Waals surface area contributed by atoms with Crippen LogP contribution in [0.2, 0.25) is 0 Å². The molecule has 8 unspecified atom stereocenters. The van der Waals surface area contributed by atoms with E-state index in [0.717, 1.165) is 47.3 Å². The molecule has 8 atom stereocenters. The van der Waals surface area contributed by atoms with Crippen molar-refractivity contribution in [1.29, 1.82) is 0 Å². The Bertz CT molecular complexity index is 1260. The maximum absolute atomic E-state index is 8.56. The summed E-state index contributed by atoms with van der Waals surface area (Å²) in [5.74, 6) is 5.97. The molecular formula is C32H60N8O12RhS4-4. The number of nitrogens with one attached hydrogen (secondary N) is 8. The predicted molar refractivity (Wildman–Crippen MR) is 203 cm³/mol. The third kappa shape index (κ3) is 14.0. The van der Waals surface area contributed by atoms with Crippen molar-refractivity contribution in [2.45, 2.75) is 152 Å². The molecule has 0 spiro atoms. The summed E-state index contributed by atoms with van der Waals surface area (Å²) in [4.78, 5) is 0. The van der Waals surface area contributed by atoms with E-state index in [1.165, 1.54) is 103 Å². The molecular weight excluding hydrogens is 920 g/mol. The van der Waals surface area contributed by atoms with Gasteiger partial charge in [0.25, 0.3) is 0 Å². The molecule has 337 valence electrons. The Hall–Kier alpha value is -0.0566. The van der Waals surface area contributed by atoms with E-state index in [9.17, 15) is 0 Å². The molecule has 5 aliphatic heterocycles. The minimum absolute atomic E-state index is 0. The van der Waals surface area contributed by atoms with Gasteiger partial charge in [-0.25, -0.2) is 0 Å². The number of rotatable bonds is 0. The minimum Gasteiger partial charge on any atom is -0.439 e. The van der Waals surface area contributed by atoms with Gasteiger partial charge < -0.3 is 51.9 Å². The smallest absolute Gasteiger partial charge is 0.0628 e. The van der Waals surface area contributed by atoms with Crippen molar-refractivity contribution in [3.63, 3.8) is 0 Å². The molecule has 0 aromatic carbocycles. The molecule has 25 heteroatoms. The normalized spacial score (nSPS) is 42.8. The van der Waals surface area contributed by atoms with Gasteiger partial charge >= 0.3 is 0 Å². The maximum Gasteiger partial charge on any atom is 0.0628 e. The summed E-state index contributed by atoms with van der Waals surface area (Å²) in [6.45, 7) is 0. The van der Waals surface area contributed by atoms with Gasteiger partial charge in [-0.2, -0.15) is 0 Å². The van der Waals surface area contributed by atoms with Crippen LogP contribution in [0.5, 0.6) is 0 Å². The second-order valence-corrected chi connectivity index (χ2v) is 18.2. The summed E-state index contributed by atoms with van der Waals surface area (Å²) in [6, 6.07) is 0. The Morgan fingerprint density at radius 2 is 0.351 bits per heavy atom. The summed E-state index contributed by atoms with van der Waals surface area (Å²) in [5.41, 5.74) is 0. The first-order valence-corrected chi connectivity index (χ1v) is 24.1. The van der Waals surface area contributed by atoms with Gasteiger partial charge in [-0.1, -0.05) is 51.4 Å².